The third-order valence-corrected chi connectivity index (χ3v) is 5.15. The maximum absolute atomic E-state index is 13.9. The lowest BCUT2D eigenvalue weighted by Crippen LogP contribution is -2.22. The number of rotatable bonds is 6. The molecule has 0 unspecified atom stereocenters. The van der Waals surface area contributed by atoms with E-state index in [2.05, 4.69) is 45.7 Å². The molecule has 0 aliphatic rings. The van der Waals surface area contributed by atoms with Gasteiger partial charge in [0.15, 0.2) is 5.82 Å². The number of ether oxygens (including phenoxy) is 1. The number of benzene rings is 1. The van der Waals surface area contributed by atoms with E-state index in [4.69, 9.17) is 4.74 Å². The average molecular weight is 390 g/mol. The summed E-state index contributed by atoms with van der Waals surface area (Å²) >= 11 is 3.04. The van der Waals surface area contributed by atoms with Gasteiger partial charge in [0, 0.05) is 19.2 Å². The Bertz CT molecular complexity index is 635. The zero-order chi connectivity index (χ0) is 16.3. The van der Waals surface area contributed by atoms with Crippen LogP contribution in [0.1, 0.15) is 0 Å². The van der Waals surface area contributed by atoms with Crippen molar-refractivity contribution in [1.82, 2.24) is 14.8 Å². The second-order valence-electron chi connectivity index (χ2n) is 6.20. The third kappa shape index (κ3) is 4.69. The first kappa shape index (κ1) is 17.2. The van der Waals surface area contributed by atoms with E-state index in [0.29, 0.717) is 11.1 Å². The zero-order valence-electron chi connectivity index (χ0n) is 12.7. The molecule has 22 heavy (non-hydrogen) atoms. The van der Waals surface area contributed by atoms with Crippen LogP contribution >= 0.6 is 15.9 Å². The van der Waals surface area contributed by atoms with Crippen LogP contribution in [0.25, 0.3) is 11.4 Å². The largest absolute Gasteiger partial charge is 0.359 e. The van der Waals surface area contributed by atoms with Gasteiger partial charge < -0.3 is 4.74 Å². The first-order valence-corrected chi connectivity index (χ1v) is 11.4. The van der Waals surface area contributed by atoms with Gasteiger partial charge in [-0.15, -0.1) is 5.10 Å². The molecule has 0 saturated heterocycles. The Morgan fingerprint density at radius 2 is 1.86 bits per heavy atom. The molecule has 1 aromatic heterocycles. The number of nitrogens with zero attached hydrogens (tertiary/aromatic N) is 3. The highest BCUT2D eigenvalue weighted by atomic mass is 79.9. The van der Waals surface area contributed by atoms with Crippen LogP contribution in [0, 0.1) is 11.6 Å². The SMILES string of the molecule is C[Si](C)(C)CCOCn1cnc(-c2c(F)cc(Br)cc2F)n1. The van der Waals surface area contributed by atoms with Crippen LogP contribution in [0.3, 0.4) is 0 Å². The van der Waals surface area contributed by atoms with E-state index in [-0.39, 0.29) is 18.1 Å². The quantitative estimate of drug-likeness (QED) is 0.546. The smallest absolute Gasteiger partial charge is 0.187 e. The molecule has 0 bridgehead atoms. The standard InChI is InChI=1S/C14H18BrF2N3OSi/c1-22(2,3)5-4-21-9-20-8-18-14(19-20)13-11(16)6-10(15)7-12(13)17/h6-8H,4-5,9H2,1-3H3. The molecule has 1 heterocycles. The van der Waals surface area contributed by atoms with Crippen molar-refractivity contribution in [3.05, 3.63) is 34.6 Å². The summed E-state index contributed by atoms with van der Waals surface area (Å²) < 4.78 is 35.0. The van der Waals surface area contributed by atoms with Crippen LogP contribution in [-0.2, 0) is 11.5 Å². The Kier molecular flexibility index (Phi) is 5.46. The molecule has 0 atom stereocenters. The van der Waals surface area contributed by atoms with Gasteiger partial charge in [-0.05, 0) is 18.2 Å². The lowest BCUT2D eigenvalue weighted by molar-refractivity contribution is 0.0784. The van der Waals surface area contributed by atoms with Crippen molar-refractivity contribution < 1.29 is 13.5 Å². The predicted molar refractivity (Wildman–Crippen MR) is 87.2 cm³/mol. The topological polar surface area (TPSA) is 39.9 Å². The van der Waals surface area contributed by atoms with Crippen LogP contribution in [0.5, 0.6) is 0 Å². The molecular formula is C14H18BrF2N3OSi. The van der Waals surface area contributed by atoms with Crippen LogP contribution in [0.15, 0.2) is 22.9 Å². The van der Waals surface area contributed by atoms with E-state index < -0.39 is 19.7 Å². The van der Waals surface area contributed by atoms with E-state index in [1.54, 1.807) is 0 Å². The molecule has 8 heteroatoms. The van der Waals surface area contributed by atoms with E-state index >= 15 is 0 Å². The second kappa shape index (κ2) is 6.97. The summed E-state index contributed by atoms with van der Waals surface area (Å²) in [6, 6.07) is 3.41. The summed E-state index contributed by atoms with van der Waals surface area (Å²) in [7, 11) is -1.14. The zero-order valence-corrected chi connectivity index (χ0v) is 15.3. The highest BCUT2D eigenvalue weighted by molar-refractivity contribution is 9.10. The average Bonchev–Trinajstić information content (AvgIpc) is 2.81. The van der Waals surface area contributed by atoms with Crippen molar-refractivity contribution in [2.24, 2.45) is 0 Å². The van der Waals surface area contributed by atoms with Gasteiger partial charge in [0.05, 0.1) is 5.56 Å². The normalized spacial score (nSPS) is 11.9. The van der Waals surface area contributed by atoms with Gasteiger partial charge in [0.2, 0.25) is 0 Å². The molecule has 0 saturated carbocycles. The highest BCUT2D eigenvalue weighted by Crippen LogP contribution is 2.26. The molecule has 0 aliphatic heterocycles. The van der Waals surface area contributed by atoms with Crippen molar-refractivity contribution in [1.29, 1.82) is 0 Å². The minimum atomic E-state index is -1.14. The monoisotopic (exact) mass is 389 g/mol. The van der Waals surface area contributed by atoms with Gasteiger partial charge in [0.25, 0.3) is 0 Å². The predicted octanol–water partition coefficient (Wildman–Crippen LogP) is 4.30. The summed E-state index contributed by atoms with van der Waals surface area (Å²) in [5, 5.41) is 4.06. The highest BCUT2D eigenvalue weighted by Gasteiger charge is 2.17. The van der Waals surface area contributed by atoms with Crippen LogP contribution < -0.4 is 0 Å². The van der Waals surface area contributed by atoms with Gasteiger partial charge >= 0.3 is 0 Å². The molecule has 4 nitrogen and oxygen atoms in total. The molecule has 1 aromatic carbocycles. The molecule has 0 amide bonds. The summed E-state index contributed by atoms with van der Waals surface area (Å²) in [5.74, 6) is -1.40. The summed E-state index contributed by atoms with van der Waals surface area (Å²) in [4.78, 5) is 3.95. The molecule has 0 spiro atoms. The molecule has 0 aliphatic carbocycles. The third-order valence-electron chi connectivity index (χ3n) is 2.99. The Morgan fingerprint density at radius 1 is 1.23 bits per heavy atom. The lowest BCUT2D eigenvalue weighted by Gasteiger charge is -2.15. The van der Waals surface area contributed by atoms with Crippen LogP contribution in [0.2, 0.25) is 25.7 Å². The molecule has 0 fully saturated rings. The van der Waals surface area contributed by atoms with Crippen LogP contribution in [0.4, 0.5) is 8.78 Å². The Balaban J connectivity index is 2.03. The molecule has 2 rings (SSSR count). The van der Waals surface area contributed by atoms with Gasteiger partial charge in [-0.25, -0.2) is 18.4 Å². The Labute approximate surface area is 137 Å². The first-order valence-electron chi connectivity index (χ1n) is 6.88. The lowest BCUT2D eigenvalue weighted by atomic mass is 10.2. The van der Waals surface area contributed by atoms with Gasteiger partial charge in [0.1, 0.15) is 24.7 Å². The maximum Gasteiger partial charge on any atom is 0.187 e. The number of hydrogen-bond donors (Lipinski definition) is 0. The molecule has 2 aromatic rings. The maximum atomic E-state index is 13.9. The number of halogens is 3. The number of hydrogen-bond acceptors (Lipinski definition) is 3. The minimum Gasteiger partial charge on any atom is -0.359 e. The van der Waals surface area contributed by atoms with Crippen molar-refractivity contribution in [2.75, 3.05) is 6.61 Å². The van der Waals surface area contributed by atoms with Crippen molar-refractivity contribution in [3.8, 4) is 11.4 Å². The van der Waals surface area contributed by atoms with E-state index in [9.17, 15) is 8.78 Å². The fourth-order valence-corrected chi connectivity index (χ4v) is 2.92. The van der Waals surface area contributed by atoms with Gasteiger partial charge in [-0.3, -0.25) is 0 Å². The van der Waals surface area contributed by atoms with E-state index in [1.807, 2.05) is 0 Å². The van der Waals surface area contributed by atoms with Gasteiger partial charge in [-0.2, -0.15) is 0 Å². The Morgan fingerprint density at radius 3 is 2.45 bits per heavy atom. The van der Waals surface area contributed by atoms with E-state index in [0.717, 1.165) is 6.04 Å². The summed E-state index contributed by atoms with van der Waals surface area (Å²) in [6.45, 7) is 7.66. The summed E-state index contributed by atoms with van der Waals surface area (Å²) in [6.07, 6.45) is 1.41. The van der Waals surface area contributed by atoms with Crippen molar-refractivity contribution in [2.45, 2.75) is 32.4 Å². The fraction of sp³-hybridized carbons (Fsp3) is 0.429. The first-order chi connectivity index (χ1) is 10.3. The molecule has 0 N–H and O–H groups in total. The Hall–Kier alpha value is -1.12. The fourth-order valence-electron chi connectivity index (χ4n) is 1.76. The number of aromatic nitrogens is 3. The molecule has 0 radical (unpaired) electrons. The molecule has 120 valence electrons. The van der Waals surface area contributed by atoms with Crippen molar-refractivity contribution in [3.63, 3.8) is 0 Å². The van der Waals surface area contributed by atoms with Gasteiger partial charge in [-0.1, -0.05) is 35.6 Å². The van der Waals surface area contributed by atoms with Crippen molar-refractivity contribution >= 4 is 24.0 Å². The minimum absolute atomic E-state index is 0.0105. The van der Waals surface area contributed by atoms with Crippen LogP contribution in [-0.4, -0.2) is 29.4 Å². The summed E-state index contributed by atoms with van der Waals surface area (Å²) in [5.41, 5.74) is -0.232. The second-order valence-corrected chi connectivity index (χ2v) is 12.7. The molecular weight excluding hydrogens is 372 g/mol. The van der Waals surface area contributed by atoms with E-state index in [1.165, 1.54) is 23.1 Å².